The molecular formula is C7H10N2OS. The van der Waals surface area contributed by atoms with Gasteiger partial charge in [0, 0.05) is 0 Å². The lowest BCUT2D eigenvalue weighted by Crippen LogP contribution is -2.19. The summed E-state index contributed by atoms with van der Waals surface area (Å²) in [5, 5.41) is 13.4. The molecule has 0 aromatic carbocycles. The van der Waals surface area contributed by atoms with Gasteiger partial charge in [0.15, 0.2) is 0 Å². The fourth-order valence-corrected chi connectivity index (χ4v) is 1.88. The van der Waals surface area contributed by atoms with E-state index in [0.717, 1.165) is 17.7 Å². The first-order valence-electron chi connectivity index (χ1n) is 3.83. The zero-order valence-corrected chi connectivity index (χ0v) is 6.92. The zero-order valence-electron chi connectivity index (χ0n) is 6.10. The molecule has 3 nitrogen and oxygen atoms in total. The van der Waals surface area contributed by atoms with Gasteiger partial charge >= 0.3 is 0 Å². The smallest absolute Gasteiger partial charge is 0.0942 e. The summed E-state index contributed by atoms with van der Waals surface area (Å²) in [4.78, 5) is 0.912. The van der Waals surface area contributed by atoms with Crippen molar-refractivity contribution in [2.75, 3.05) is 0 Å². The van der Waals surface area contributed by atoms with E-state index in [1.807, 2.05) is 0 Å². The van der Waals surface area contributed by atoms with Gasteiger partial charge in [-0.05, 0) is 30.3 Å². The second-order valence-corrected chi connectivity index (χ2v) is 3.77. The average Bonchev–Trinajstić information content (AvgIpc) is 2.32. The van der Waals surface area contributed by atoms with E-state index < -0.39 is 0 Å². The lowest BCUT2D eigenvalue weighted by Gasteiger charge is -2.28. The van der Waals surface area contributed by atoms with Crippen LogP contribution in [-0.4, -0.2) is 14.7 Å². The highest BCUT2D eigenvalue weighted by Crippen LogP contribution is 2.38. The number of rotatable bonds is 2. The van der Waals surface area contributed by atoms with Crippen molar-refractivity contribution < 1.29 is 5.11 Å². The van der Waals surface area contributed by atoms with E-state index in [1.54, 1.807) is 6.20 Å². The number of hydrogen-bond donors (Lipinski definition) is 1. The van der Waals surface area contributed by atoms with Crippen LogP contribution in [0.5, 0.6) is 0 Å². The van der Waals surface area contributed by atoms with Crippen LogP contribution in [0.1, 0.15) is 30.2 Å². The summed E-state index contributed by atoms with van der Waals surface area (Å²) in [7, 11) is 0. The summed E-state index contributed by atoms with van der Waals surface area (Å²) in [5.41, 5.74) is 0. The van der Waals surface area contributed by atoms with E-state index in [4.69, 9.17) is 0 Å². The van der Waals surface area contributed by atoms with Crippen LogP contribution in [0.2, 0.25) is 0 Å². The molecule has 0 aliphatic heterocycles. The van der Waals surface area contributed by atoms with Crippen molar-refractivity contribution >= 4 is 11.5 Å². The van der Waals surface area contributed by atoms with Crippen molar-refractivity contribution in [3.63, 3.8) is 0 Å². The number of aromatic nitrogens is 2. The Kier molecular flexibility index (Phi) is 1.87. The standard InChI is InChI=1S/C7H10N2OS/c10-7(5-2-1-3-5)6-4-8-9-11-6/h4-5,7,10H,1-3H2. The van der Waals surface area contributed by atoms with Crippen molar-refractivity contribution in [2.24, 2.45) is 5.92 Å². The Labute approximate surface area is 69.2 Å². The van der Waals surface area contributed by atoms with Gasteiger partial charge in [-0.1, -0.05) is 10.9 Å². The molecule has 1 aromatic rings. The normalized spacial score (nSPS) is 21.2. The lowest BCUT2D eigenvalue weighted by molar-refractivity contribution is 0.0648. The van der Waals surface area contributed by atoms with Crippen LogP contribution in [0, 0.1) is 5.92 Å². The molecule has 0 radical (unpaired) electrons. The van der Waals surface area contributed by atoms with Crippen molar-refractivity contribution in [1.29, 1.82) is 0 Å². The van der Waals surface area contributed by atoms with Crippen molar-refractivity contribution in [2.45, 2.75) is 25.4 Å². The molecule has 2 rings (SSSR count). The predicted molar refractivity (Wildman–Crippen MR) is 42.2 cm³/mol. The summed E-state index contributed by atoms with van der Waals surface area (Å²) >= 11 is 1.30. The fourth-order valence-electron chi connectivity index (χ4n) is 1.29. The number of aliphatic hydroxyl groups excluding tert-OH is 1. The molecule has 0 bridgehead atoms. The summed E-state index contributed by atoms with van der Waals surface area (Å²) in [6.07, 6.45) is 4.92. The zero-order chi connectivity index (χ0) is 7.68. The molecule has 1 unspecified atom stereocenters. The van der Waals surface area contributed by atoms with Crippen molar-refractivity contribution in [3.05, 3.63) is 11.1 Å². The highest BCUT2D eigenvalue weighted by Gasteiger charge is 2.27. The first kappa shape index (κ1) is 7.18. The van der Waals surface area contributed by atoms with Gasteiger partial charge in [-0.2, -0.15) is 0 Å². The molecule has 0 spiro atoms. The molecule has 1 aliphatic rings. The molecule has 60 valence electrons. The Morgan fingerprint density at radius 2 is 2.45 bits per heavy atom. The monoisotopic (exact) mass is 170 g/mol. The second-order valence-electron chi connectivity index (χ2n) is 2.96. The largest absolute Gasteiger partial charge is 0.387 e. The third-order valence-electron chi connectivity index (χ3n) is 2.27. The maximum absolute atomic E-state index is 9.66. The quantitative estimate of drug-likeness (QED) is 0.729. The Balaban J connectivity index is 2.04. The van der Waals surface area contributed by atoms with Gasteiger partial charge in [0.1, 0.15) is 0 Å². The Bertz CT molecular complexity index is 220. The fraction of sp³-hybridized carbons (Fsp3) is 0.714. The molecule has 1 N–H and O–H groups in total. The SMILES string of the molecule is OC(c1cnns1)C1CCC1. The van der Waals surface area contributed by atoms with Gasteiger partial charge in [-0.3, -0.25) is 0 Å². The molecular weight excluding hydrogens is 160 g/mol. The molecule has 11 heavy (non-hydrogen) atoms. The first-order valence-corrected chi connectivity index (χ1v) is 4.60. The lowest BCUT2D eigenvalue weighted by atomic mass is 9.81. The molecule has 1 heterocycles. The maximum Gasteiger partial charge on any atom is 0.0942 e. The van der Waals surface area contributed by atoms with Gasteiger partial charge in [0.25, 0.3) is 0 Å². The number of nitrogens with zero attached hydrogens (tertiary/aromatic N) is 2. The third-order valence-corrected chi connectivity index (χ3v) is 3.00. The van der Waals surface area contributed by atoms with Gasteiger partial charge in [0.05, 0.1) is 17.2 Å². The Hall–Kier alpha value is -0.480. The van der Waals surface area contributed by atoms with E-state index in [0.29, 0.717) is 5.92 Å². The second kappa shape index (κ2) is 2.87. The van der Waals surface area contributed by atoms with Crippen LogP contribution in [0.15, 0.2) is 6.20 Å². The third kappa shape index (κ3) is 1.28. The maximum atomic E-state index is 9.66. The van der Waals surface area contributed by atoms with E-state index in [-0.39, 0.29) is 6.10 Å². The molecule has 4 heteroatoms. The summed E-state index contributed by atoms with van der Waals surface area (Å²) in [6.45, 7) is 0. The van der Waals surface area contributed by atoms with Crippen LogP contribution in [0.4, 0.5) is 0 Å². The number of hydrogen-bond acceptors (Lipinski definition) is 4. The van der Waals surface area contributed by atoms with Crippen molar-refractivity contribution in [3.8, 4) is 0 Å². The Morgan fingerprint density at radius 1 is 1.64 bits per heavy atom. The van der Waals surface area contributed by atoms with E-state index in [1.165, 1.54) is 18.0 Å². The van der Waals surface area contributed by atoms with Crippen LogP contribution in [-0.2, 0) is 0 Å². The van der Waals surface area contributed by atoms with E-state index in [2.05, 4.69) is 9.59 Å². The minimum atomic E-state index is -0.302. The first-order chi connectivity index (χ1) is 5.38. The topological polar surface area (TPSA) is 46.0 Å². The van der Waals surface area contributed by atoms with Gasteiger partial charge < -0.3 is 5.11 Å². The van der Waals surface area contributed by atoms with Crippen LogP contribution in [0.25, 0.3) is 0 Å². The molecule has 1 atom stereocenters. The van der Waals surface area contributed by atoms with Crippen LogP contribution in [0.3, 0.4) is 0 Å². The average molecular weight is 170 g/mol. The Morgan fingerprint density at radius 3 is 2.91 bits per heavy atom. The molecule has 1 saturated carbocycles. The van der Waals surface area contributed by atoms with Gasteiger partial charge in [-0.25, -0.2) is 0 Å². The molecule has 0 amide bonds. The van der Waals surface area contributed by atoms with Gasteiger partial charge in [-0.15, -0.1) is 5.10 Å². The number of aliphatic hydroxyl groups is 1. The molecule has 0 saturated heterocycles. The summed E-state index contributed by atoms with van der Waals surface area (Å²) in [6, 6.07) is 0. The van der Waals surface area contributed by atoms with Crippen LogP contribution < -0.4 is 0 Å². The molecule has 1 fully saturated rings. The predicted octanol–water partition coefficient (Wildman–Crippen LogP) is 1.37. The molecule has 1 aromatic heterocycles. The van der Waals surface area contributed by atoms with E-state index >= 15 is 0 Å². The van der Waals surface area contributed by atoms with E-state index in [9.17, 15) is 5.11 Å². The van der Waals surface area contributed by atoms with Crippen molar-refractivity contribution in [1.82, 2.24) is 9.59 Å². The highest BCUT2D eigenvalue weighted by molar-refractivity contribution is 7.05. The molecule has 1 aliphatic carbocycles. The summed E-state index contributed by atoms with van der Waals surface area (Å²) < 4.78 is 3.72. The minimum absolute atomic E-state index is 0.302. The highest BCUT2D eigenvalue weighted by atomic mass is 32.1. The van der Waals surface area contributed by atoms with Crippen LogP contribution >= 0.6 is 11.5 Å². The summed E-state index contributed by atoms with van der Waals surface area (Å²) in [5.74, 6) is 0.470. The van der Waals surface area contributed by atoms with Gasteiger partial charge in [0.2, 0.25) is 0 Å². The minimum Gasteiger partial charge on any atom is -0.387 e.